The zero-order valence-corrected chi connectivity index (χ0v) is 13.2. The molecule has 0 aromatic carbocycles. The molecule has 0 saturated carbocycles. The van der Waals surface area contributed by atoms with Gasteiger partial charge < -0.3 is 10.2 Å². The van der Waals surface area contributed by atoms with Crippen LogP contribution in [0.4, 0.5) is 0 Å². The van der Waals surface area contributed by atoms with Gasteiger partial charge in [0, 0.05) is 19.0 Å². The molecule has 2 aliphatic heterocycles. The Morgan fingerprint density at radius 1 is 1.37 bits per heavy atom. The fourth-order valence-corrected chi connectivity index (χ4v) is 3.39. The van der Waals surface area contributed by atoms with Crippen molar-refractivity contribution in [2.24, 2.45) is 11.8 Å². The van der Waals surface area contributed by atoms with E-state index in [-0.39, 0.29) is 12.4 Å². The number of hydrogen-bond acceptors (Lipinski definition) is 2. The molecule has 0 aromatic rings. The van der Waals surface area contributed by atoms with Crippen LogP contribution in [0.5, 0.6) is 0 Å². The van der Waals surface area contributed by atoms with E-state index in [1.165, 1.54) is 25.7 Å². The zero-order valence-electron chi connectivity index (χ0n) is 12.4. The van der Waals surface area contributed by atoms with Crippen LogP contribution in [0.3, 0.4) is 0 Å². The Kier molecular flexibility index (Phi) is 7.16. The Morgan fingerprint density at radius 3 is 2.79 bits per heavy atom. The minimum Gasteiger partial charge on any atom is -0.340 e. The summed E-state index contributed by atoms with van der Waals surface area (Å²) in [7, 11) is 0. The van der Waals surface area contributed by atoms with Crippen LogP contribution in [-0.2, 0) is 4.79 Å². The molecule has 19 heavy (non-hydrogen) atoms. The molecule has 2 saturated heterocycles. The number of nitrogens with one attached hydrogen (secondary N) is 1. The van der Waals surface area contributed by atoms with E-state index < -0.39 is 0 Å². The van der Waals surface area contributed by atoms with E-state index in [4.69, 9.17) is 0 Å². The molecule has 4 heteroatoms. The number of hydrogen-bond donors (Lipinski definition) is 1. The van der Waals surface area contributed by atoms with Crippen LogP contribution in [0.2, 0.25) is 0 Å². The Balaban J connectivity index is 0.00000180. The van der Waals surface area contributed by atoms with Crippen LogP contribution >= 0.6 is 12.4 Å². The van der Waals surface area contributed by atoms with Crippen LogP contribution in [0, 0.1) is 11.8 Å². The average molecular weight is 289 g/mol. The van der Waals surface area contributed by atoms with E-state index in [0.29, 0.717) is 17.9 Å². The van der Waals surface area contributed by atoms with Crippen molar-refractivity contribution in [3.8, 4) is 0 Å². The van der Waals surface area contributed by atoms with Gasteiger partial charge in [0.1, 0.15) is 0 Å². The summed E-state index contributed by atoms with van der Waals surface area (Å²) < 4.78 is 0. The van der Waals surface area contributed by atoms with E-state index in [0.717, 1.165) is 38.4 Å². The summed E-state index contributed by atoms with van der Waals surface area (Å²) in [6, 6.07) is 0.527. The summed E-state index contributed by atoms with van der Waals surface area (Å²) in [6.45, 7) is 7.76. The summed E-state index contributed by atoms with van der Waals surface area (Å²) in [5.74, 6) is 1.84. The highest BCUT2D eigenvalue weighted by atomic mass is 35.5. The molecule has 2 heterocycles. The Bertz CT molecular complexity index is 277. The minimum atomic E-state index is 0. The molecule has 0 radical (unpaired) electrons. The second-order valence-corrected chi connectivity index (χ2v) is 6.41. The highest BCUT2D eigenvalue weighted by molar-refractivity contribution is 5.85. The van der Waals surface area contributed by atoms with Crippen molar-refractivity contribution in [2.45, 2.75) is 58.4 Å². The third-order valence-electron chi connectivity index (χ3n) is 4.37. The van der Waals surface area contributed by atoms with Crippen molar-refractivity contribution in [3.05, 3.63) is 0 Å². The number of halogens is 1. The van der Waals surface area contributed by atoms with Gasteiger partial charge in [-0.2, -0.15) is 0 Å². The third-order valence-corrected chi connectivity index (χ3v) is 4.37. The SMILES string of the molecule is CC(C)CC1CCCN1C(=O)CCC1CCNC1.Cl. The van der Waals surface area contributed by atoms with E-state index in [1.807, 2.05) is 0 Å². The molecule has 1 amide bonds. The molecule has 112 valence electrons. The van der Waals surface area contributed by atoms with Gasteiger partial charge in [-0.1, -0.05) is 13.8 Å². The summed E-state index contributed by atoms with van der Waals surface area (Å²) in [4.78, 5) is 14.5. The van der Waals surface area contributed by atoms with Gasteiger partial charge in [0.2, 0.25) is 5.91 Å². The minimum absolute atomic E-state index is 0. The number of carbonyl (C=O) groups excluding carboxylic acids is 1. The molecule has 0 aliphatic carbocycles. The maximum atomic E-state index is 12.3. The van der Waals surface area contributed by atoms with Crippen molar-refractivity contribution >= 4 is 18.3 Å². The second kappa shape index (κ2) is 8.11. The third kappa shape index (κ3) is 4.96. The highest BCUT2D eigenvalue weighted by Gasteiger charge is 2.29. The first kappa shape index (κ1) is 16.8. The smallest absolute Gasteiger partial charge is 0.222 e. The van der Waals surface area contributed by atoms with Crippen LogP contribution in [0.15, 0.2) is 0 Å². The van der Waals surface area contributed by atoms with Gasteiger partial charge in [-0.05, 0) is 57.0 Å². The summed E-state index contributed by atoms with van der Waals surface area (Å²) in [5.41, 5.74) is 0. The second-order valence-electron chi connectivity index (χ2n) is 6.41. The average Bonchev–Trinajstić information content (AvgIpc) is 2.95. The first-order chi connectivity index (χ1) is 8.66. The number of likely N-dealkylation sites (tertiary alicyclic amines) is 1. The maximum absolute atomic E-state index is 12.3. The fourth-order valence-electron chi connectivity index (χ4n) is 3.39. The van der Waals surface area contributed by atoms with Crippen LogP contribution in [0.25, 0.3) is 0 Å². The van der Waals surface area contributed by atoms with E-state index in [9.17, 15) is 4.79 Å². The summed E-state index contributed by atoms with van der Waals surface area (Å²) in [5, 5.41) is 3.38. The maximum Gasteiger partial charge on any atom is 0.222 e. The van der Waals surface area contributed by atoms with Crippen molar-refractivity contribution in [1.82, 2.24) is 10.2 Å². The van der Waals surface area contributed by atoms with E-state index in [1.54, 1.807) is 0 Å². The first-order valence-corrected chi connectivity index (χ1v) is 7.67. The molecule has 0 aromatic heterocycles. The molecular weight excluding hydrogens is 260 g/mol. The highest BCUT2D eigenvalue weighted by Crippen LogP contribution is 2.25. The molecule has 3 nitrogen and oxygen atoms in total. The lowest BCUT2D eigenvalue weighted by atomic mass is 10.00. The van der Waals surface area contributed by atoms with Crippen molar-refractivity contribution in [2.75, 3.05) is 19.6 Å². The van der Waals surface area contributed by atoms with Gasteiger partial charge >= 0.3 is 0 Å². The number of nitrogens with zero attached hydrogens (tertiary/aromatic N) is 1. The van der Waals surface area contributed by atoms with Gasteiger partial charge in [0.05, 0.1) is 0 Å². The van der Waals surface area contributed by atoms with Gasteiger partial charge in [0.15, 0.2) is 0 Å². The predicted molar refractivity (Wildman–Crippen MR) is 81.6 cm³/mol. The lowest BCUT2D eigenvalue weighted by molar-refractivity contribution is -0.132. The normalized spacial score (nSPS) is 26.8. The van der Waals surface area contributed by atoms with Crippen LogP contribution in [0.1, 0.15) is 52.4 Å². The van der Waals surface area contributed by atoms with Crippen molar-refractivity contribution in [3.63, 3.8) is 0 Å². The van der Waals surface area contributed by atoms with E-state index in [2.05, 4.69) is 24.1 Å². The summed E-state index contributed by atoms with van der Waals surface area (Å²) >= 11 is 0. The first-order valence-electron chi connectivity index (χ1n) is 7.67. The van der Waals surface area contributed by atoms with Gasteiger partial charge in [-0.25, -0.2) is 0 Å². The van der Waals surface area contributed by atoms with Gasteiger partial charge in [-0.3, -0.25) is 4.79 Å². The molecule has 2 rings (SSSR count). The molecule has 2 unspecified atom stereocenters. The predicted octanol–water partition coefficient (Wildman–Crippen LogP) is 2.84. The number of rotatable bonds is 5. The molecular formula is C15H29ClN2O. The van der Waals surface area contributed by atoms with Crippen molar-refractivity contribution in [1.29, 1.82) is 0 Å². The lowest BCUT2D eigenvalue weighted by Gasteiger charge is -2.26. The topological polar surface area (TPSA) is 32.3 Å². The molecule has 2 atom stereocenters. The number of amides is 1. The van der Waals surface area contributed by atoms with Gasteiger partial charge in [0.25, 0.3) is 0 Å². The standard InChI is InChI=1S/C15H28N2O.ClH/c1-12(2)10-14-4-3-9-17(14)15(18)6-5-13-7-8-16-11-13;/h12-14,16H,3-11H2,1-2H3;1H. The van der Waals surface area contributed by atoms with E-state index >= 15 is 0 Å². The summed E-state index contributed by atoms with van der Waals surface area (Å²) in [6.07, 6.45) is 6.69. The Morgan fingerprint density at radius 2 is 2.16 bits per heavy atom. The molecule has 2 fully saturated rings. The molecule has 0 bridgehead atoms. The fraction of sp³-hybridized carbons (Fsp3) is 0.933. The Labute approximate surface area is 123 Å². The van der Waals surface area contributed by atoms with Gasteiger partial charge in [-0.15, -0.1) is 12.4 Å². The monoisotopic (exact) mass is 288 g/mol. The lowest BCUT2D eigenvalue weighted by Crippen LogP contribution is -2.36. The zero-order chi connectivity index (χ0) is 13.0. The van der Waals surface area contributed by atoms with Crippen LogP contribution in [-0.4, -0.2) is 36.5 Å². The number of carbonyl (C=O) groups is 1. The molecule has 0 spiro atoms. The Hall–Kier alpha value is -0.280. The van der Waals surface area contributed by atoms with Crippen LogP contribution < -0.4 is 5.32 Å². The van der Waals surface area contributed by atoms with Crippen molar-refractivity contribution < 1.29 is 4.79 Å². The molecule has 1 N–H and O–H groups in total. The largest absolute Gasteiger partial charge is 0.340 e. The quantitative estimate of drug-likeness (QED) is 0.844. The molecule has 2 aliphatic rings.